The van der Waals surface area contributed by atoms with E-state index in [4.69, 9.17) is 9.47 Å². The molecule has 0 bridgehead atoms. The minimum absolute atomic E-state index is 0.682. The maximum Gasteiger partial charge on any atom is 0.159 e. The second-order valence-electron chi connectivity index (χ2n) is 8.59. The van der Waals surface area contributed by atoms with Gasteiger partial charge in [0, 0.05) is 5.56 Å². The van der Waals surface area contributed by atoms with Crippen LogP contribution in [0, 0.1) is 5.92 Å². The molecule has 2 rings (SSSR count). The fourth-order valence-electron chi connectivity index (χ4n) is 3.42. The molecule has 0 aliphatic heterocycles. The zero-order valence-electron chi connectivity index (χ0n) is 19.9. The minimum Gasteiger partial charge on any atom is -0.494 e. The van der Waals surface area contributed by atoms with E-state index in [1.165, 1.54) is 57.8 Å². The molecule has 172 valence electrons. The Labute approximate surface area is 189 Å². The van der Waals surface area contributed by atoms with Crippen LogP contribution in [0.5, 0.6) is 11.5 Å². The smallest absolute Gasteiger partial charge is 0.159 e. The molecular weight excluding hydrogens is 384 g/mol. The number of ether oxygens (including phenoxy) is 2. The molecule has 1 heterocycles. The standard InChI is InChI=1S/C27H42N2O2/c1-4-6-7-8-9-10-11-12-13-19-30-25-16-14-24(15-17-25)27-28-21-26(22-29-27)31-20-18-23(3)5-2/h14-17,21-23H,4-13,18-20H2,1-3H3. The second kappa shape index (κ2) is 15.7. The van der Waals surface area contributed by atoms with Crippen LogP contribution in [0.25, 0.3) is 11.4 Å². The van der Waals surface area contributed by atoms with Crippen LogP contribution in [0.1, 0.15) is 91.4 Å². The molecule has 0 aliphatic rings. The van der Waals surface area contributed by atoms with E-state index in [-0.39, 0.29) is 0 Å². The van der Waals surface area contributed by atoms with Gasteiger partial charge >= 0.3 is 0 Å². The fraction of sp³-hybridized carbons (Fsp3) is 0.630. The first kappa shape index (κ1) is 25.2. The number of rotatable bonds is 17. The minimum atomic E-state index is 0.682. The van der Waals surface area contributed by atoms with Gasteiger partial charge in [-0.25, -0.2) is 9.97 Å². The lowest BCUT2D eigenvalue weighted by molar-refractivity contribution is 0.280. The van der Waals surface area contributed by atoms with E-state index >= 15 is 0 Å². The van der Waals surface area contributed by atoms with Crippen molar-refractivity contribution in [3.63, 3.8) is 0 Å². The van der Waals surface area contributed by atoms with E-state index in [2.05, 4.69) is 30.7 Å². The Morgan fingerprint density at radius 1 is 0.710 bits per heavy atom. The van der Waals surface area contributed by atoms with Gasteiger partial charge in [0.15, 0.2) is 11.6 Å². The van der Waals surface area contributed by atoms with Crippen molar-refractivity contribution in [2.75, 3.05) is 13.2 Å². The average Bonchev–Trinajstić information content (AvgIpc) is 2.81. The molecule has 0 aliphatic carbocycles. The van der Waals surface area contributed by atoms with E-state index in [0.29, 0.717) is 18.3 Å². The maximum absolute atomic E-state index is 5.89. The summed E-state index contributed by atoms with van der Waals surface area (Å²) in [6.45, 7) is 8.21. The van der Waals surface area contributed by atoms with Gasteiger partial charge in [-0.3, -0.25) is 0 Å². The van der Waals surface area contributed by atoms with E-state index in [1.54, 1.807) is 12.4 Å². The van der Waals surface area contributed by atoms with E-state index in [1.807, 2.05) is 24.3 Å². The van der Waals surface area contributed by atoms with Gasteiger partial charge in [0.2, 0.25) is 0 Å². The van der Waals surface area contributed by atoms with Gasteiger partial charge < -0.3 is 9.47 Å². The number of hydrogen-bond donors (Lipinski definition) is 0. The highest BCUT2D eigenvalue weighted by Crippen LogP contribution is 2.21. The summed E-state index contributed by atoms with van der Waals surface area (Å²) in [5.74, 6) is 3.03. The largest absolute Gasteiger partial charge is 0.494 e. The predicted molar refractivity (Wildman–Crippen MR) is 130 cm³/mol. The summed E-state index contributed by atoms with van der Waals surface area (Å²) in [6, 6.07) is 8.04. The average molecular weight is 427 g/mol. The Balaban J connectivity index is 1.63. The van der Waals surface area contributed by atoms with Crippen molar-refractivity contribution < 1.29 is 9.47 Å². The van der Waals surface area contributed by atoms with Gasteiger partial charge in [0.25, 0.3) is 0 Å². The molecule has 1 atom stereocenters. The SMILES string of the molecule is CCCCCCCCCCCOc1ccc(-c2ncc(OCCC(C)CC)cn2)cc1. The highest BCUT2D eigenvalue weighted by Gasteiger charge is 2.04. The monoisotopic (exact) mass is 426 g/mol. The van der Waals surface area contributed by atoms with Gasteiger partial charge in [-0.15, -0.1) is 0 Å². The summed E-state index contributed by atoms with van der Waals surface area (Å²) >= 11 is 0. The van der Waals surface area contributed by atoms with Crippen molar-refractivity contribution in [1.82, 2.24) is 9.97 Å². The number of nitrogens with zero attached hydrogens (tertiary/aromatic N) is 2. The van der Waals surface area contributed by atoms with Crippen LogP contribution in [0.2, 0.25) is 0 Å². The normalized spacial score (nSPS) is 12.0. The Hall–Kier alpha value is -2.10. The summed E-state index contributed by atoms with van der Waals surface area (Å²) in [7, 11) is 0. The molecule has 0 fully saturated rings. The van der Waals surface area contributed by atoms with Crippen molar-refractivity contribution in [2.45, 2.75) is 91.4 Å². The van der Waals surface area contributed by atoms with Crippen LogP contribution in [0.15, 0.2) is 36.7 Å². The Kier molecular flexibility index (Phi) is 12.7. The molecule has 31 heavy (non-hydrogen) atoms. The molecule has 0 N–H and O–H groups in total. The first-order chi connectivity index (χ1) is 15.2. The molecule has 1 aromatic heterocycles. The quantitative estimate of drug-likeness (QED) is 0.241. The van der Waals surface area contributed by atoms with Gasteiger partial charge in [0.05, 0.1) is 25.6 Å². The van der Waals surface area contributed by atoms with Gasteiger partial charge in [-0.05, 0) is 43.0 Å². The highest BCUT2D eigenvalue weighted by atomic mass is 16.5. The zero-order valence-corrected chi connectivity index (χ0v) is 19.9. The lowest BCUT2D eigenvalue weighted by Gasteiger charge is -2.10. The van der Waals surface area contributed by atoms with Crippen molar-refractivity contribution in [3.05, 3.63) is 36.7 Å². The summed E-state index contributed by atoms with van der Waals surface area (Å²) < 4.78 is 11.6. The van der Waals surface area contributed by atoms with Crippen LogP contribution in [-0.4, -0.2) is 23.2 Å². The summed E-state index contributed by atoms with van der Waals surface area (Å²) in [5.41, 5.74) is 0.988. The first-order valence-electron chi connectivity index (χ1n) is 12.4. The topological polar surface area (TPSA) is 44.2 Å². The zero-order chi connectivity index (χ0) is 22.2. The molecule has 1 unspecified atom stereocenters. The van der Waals surface area contributed by atoms with Gasteiger partial charge in [0.1, 0.15) is 5.75 Å². The predicted octanol–water partition coefficient (Wildman–Crippen LogP) is 7.87. The van der Waals surface area contributed by atoms with E-state index in [0.717, 1.165) is 36.5 Å². The highest BCUT2D eigenvalue weighted by molar-refractivity contribution is 5.56. The third kappa shape index (κ3) is 10.7. The molecule has 0 radical (unpaired) electrons. The van der Waals surface area contributed by atoms with E-state index in [9.17, 15) is 0 Å². The first-order valence-corrected chi connectivity index (χ1v) is 12.4. The molecule has 0 saturated heterocycles. The summed E-state index contributed by atoms with van der Waals surface area (Å²) in [6.07, 6.45) is 17.7. The fourth-order valence-corrected chi connectivity index (χ4v) is 3.42. The molecule has 2 aromatic rings. The van der Waals surface area contributed by atoms with Crippen molar-refractivity contribution in [1.29, 1.82) is 0 Å². The molecule has 1 aromatic carbocycles. The van der Waals surface area contributed by atoms with Gasteiger partial charge in [-0.1, -0.05) is 78.6 Å². The lowest BCUT2D eigenvalue weighted by Crippen LogP contribution is -2.04. The number of unbranched alkanes of at least 4 members (excludes halogenated alkanes) is 8. The second-order valence-corrected chi connectivity index (χ2v) is 8.59. The molecule has 0 spiro atoms. The summed E-state index contributed by atoms with van der Waals surface area (Å²) in [5, 5.41) is 0. The number of aromatic nitrogens is 2. The Morgan fingerprint density at radius 2 is 1.29 bits per heavy atom. The Bertz CT molecular complexity index is 685. The van der Waals surface area contributed by atoms with E-state index < -0.39 is 0 Å². The number of benzene rings is 1. The van der Waals surface area contributed by atoms with Crippen LogP contribution in [-0.2, 0) is 0 Å². The lowest BCUT2D eigenvalue weighted by atomic mass is 10.1. The third-order valence-electron chi connectivity index (χ3n) is 5.83. The third-order valence-corrected chi connectivity index (χ3v) is 5.83. The maximum atomic E-state index is 5.89. The molecule has 0 saturated carbocycles. The molecular formula is C27H42N2O2. The van der Waals surface area contributed by atoms with Crippen molar-refractivity contribution >= 4 is 0 Å². The van der Waals surface area contributed by atoms with Crippen LogP contribution < -0.4 is 9.47 Å². The van der Waals surface area contributed by atoms with Crippen molar-refractivity contribution in [2.24, 2.45) is 5.92 Å². The summed E-state index contributed by atoms with van der Waals surface area (Å²) in [4.78, 5) is 8.89. The van der Waals surface area contributed by atoms with Crippen LogP contribution >= 0.6 is 0 Å². The van der Waals surface area contributed by atoms with Gasteiger partial charge in [-0.2, -0.15) is 0 Å². The molecule has 4 heteroatoms. The Morgan fingerprint density at radius 3 is 1.90 bits per heavy atom. The van der Waals surface area contributed by atoms with Crippen LogP contribution in [0.4, 0.5) is 0 Å². The molecule has 0 amide bonds. The molecule has 4 nitrogen and oxygen atoms in total. The number of hydrogen-bond acceptors (Lipinski definition) is 4. The van der Waals surface area contributed by atoms with Crippen molar-refractivity contribution in [3.8, 4) is 22.9 Å². The van der Waals surface area contributed by atoms with Crippen LogP contribution in [0.3, 0.4) is 0 Å².